The molecule has 0 saturated carbocycles. The van der Waals surface area contributed by atoms with Gasteiger partial charge in [0.25, 0.3) is 0 Å². The number of aliphatic hydroxyl groups excluding tert-OH is 2. The van der Waals surface area contributed by atoms with E-state index < -0.39 is 89.4 Å². The number of azide groups is 1. The molecule has 15 heteroatoms. The molecule has 0 radical (unpaired) electrons. The molecule has 2 saturated heterocycles. The molecule has 14 atom stereocenters. The second kappa shape index (κ2) is 18.3. The molecule has 1 aromatic carbocycles. The minimum Gasteiger partial charge on any atom is -0.459 e. The summed E-state index contributed by atoms with van der Waals surface area (Å²) >= 11 is 0. The summed E-state index contributed by atoms with van der Waals surface area (Å²) < 4.78 is 31.1. The van der Waals surface area contributed by atoms with Crippen molar-refractivity contribution in [2.45, 2.75) is 128 Å². The monoisotopic (exact) mass is 734 g/mol. The van der Waals surface area contributed by atoms with Crippen molar-refractivity contribution in [2.24, 2.45) is 28.8 Å². The lowest BCUT2D eigenvalue weighted by molar-refractivity contribution is -0.300. The lowest BCUT2D eigenvalue weighted by atomic mass is 9.74. The number of esters is 2. The van der Waals surface area contributed by atoms with Crippen LogP contribution in [-0.4, -0.2) is 126 Å². The molecule has 0 bridgehead atoms. The zero-order valence-corrected chi connectivity index (χ0v) is 32.0. The Morgan fingerprint density at radius 2 is 1.71 bits per heavy atom. The maximum atomic E-state index is 13.9. The largest absolute Gasteiger partial charge is 0.459 e. The van der Waals surface area contributed by atoms with E-state index in [0.717, 1.165) is 0 Å². The van der Waals surface area contributed by atoms with E-state index in [1.807, 2.05) is 25.9 Å². The Kier molecular flexibility index (Phi) is 15.2. The van der Waals surface area contributed by atoms with Gasteiger partial charge in [0.2, 0.25) is 0 Å². The summed E-state index contributed by atoms with van der Waals surface area (Å²) in [6.07, 6.45) is -7.61. The first kappa shape index (κ1) is 43.3. The van der Waals surface area contributed by atoms with Crippen LogP contribution in [-0.2, 0) is 33.3 Å². The summed E-state index contributed by atoms with van der Waals surface area (Å²) in [4.78, 5) is 45.7. The summed E-state index contributed by atoms with van der Waals surface area (Å²) in [6.45, 7) is 11.0. The molecule has 3 N–H and O–H groups in total. The van der Waals surface area contributed by atoms with Gasteiger partial charge in [0, 0.05) is 36.3 Å². The van der Waals surface area contributed by atoms with Crippen LogP contribution in [0.3, 0.4) is 0 Å². The second-order valence-electron chi connectivity index (χ2n) is 15.2. The number of nitrogens with zero attached hydrogens (tertiary/aromatic N) is 4. The number of carbonyl (C=O) groups is 3. The maximum Gasteiger partial charge on any atom is 0.338 e. The molecular weight excluding hydrogens is 676 g/mol. The van der Waals surface area contributed by atoms with Crippen molar-refractivity contribution in [2.75, 3.05) is 27.7 Å². The number of Topliss-reactive ketones (excluding diaryl/α,β-unsaturated/α-hetero) is 1. The molecule has 3 rings (SSSR count). The Balaban J connectivity index is 2.12. The van der Waals surface area contributed by atoms with Crippen molar-refractivity contribution in [1.82, 2.24) is 4.90 Å². The van der Waals surface area contributed by atoms with E-state index >= 15 is 0 Å². The number of likely N-dealkylation sites (N-methyl/N-ethyl adjacent to an activating group) is 1. The number of hydrogen-bond acceptors (Lipinski definition) is 13. The van der Waals surface area contributed by atoms with E-state index in [4.69, 9.17) is 29.2 Å². The van der Waals surface area contributed by atoms with E-state index in [0.29, 0.717) is 12.0 Å². The van der Waals surface area contributed by atoms with Crippen molar-refractivity contribution in [3.8, 4) is 0 Å². The van der Waals surface area contributed by atoms with E-state index in [1.54, 1.807) is 51.1 Å². The third-order valence-electron chi connectivity index (χ3n) is 10.9. The van der Waals surface area contributed by atoms with Crippen LogP contribution in [0.25, 0.3) is 10.4 Å². The van der Waals surface area contributed by atoms with Gasteiger partial charge in [-0.2, -0.15) is 0 Å². The molecule has 52 heavy (non-hydrogen) atoms. The zero-order chi connectivity index (χ0) is 39.1. The molecule has 0 amide bonds. The molecule has 0 aromatic heterocycles. The highest BCUT2D eigenvalue weighted by Gasteiger charge is 2.52. The van der Waals surface area contributed by atoms with Gasteiger partial charge in [-0.15, -0.1) is 0 Å². The normalized spacial score (nSPS) is 39.6. The number of ketones is 1. The van der Waals surface area contributed by atoms with Crippen LogP contribution in [0.5, 0.6) is 0 Å². The molecule has 15 nitrogen and oxygen atoms in total. The van der Waals surface area contributed by atoms with Crippen molar-refractivity contribution >= 4 is 17.7 Å². The minimum atomic E-state index is -2.13. The topological polar surface area (TPSA) is 210 Å². The van der Waals surface area contributed by atoms with Gasteiger partial charge < -0.3 is 43.9 Å². The third-order valence-corrected chi connectivity index (χ3v) is 10.9. The lowest BCUT2D eigenvalue weighted by Crippen LogP contribution is -2.61. The third kappa shape index (κ3) is 9.88. The summed E-state index contributed by atoms with van der Waals surface area (Å²) in [5.41, 5.74) is 5.72. The number of hydrogen-bond donors (Lipinski definition) is 3. The van der Waals surface area contributed by atoms with Gasteiger partial charge in [-0.25, -0.2) is 4.79 Å². The second-order valence-corrected chi connectivity index (χ2v) is 15.2. The summed E-state index contributed by atoms with van der Waals surface area (Å²) in [5.74, 6) is -5.84. The first-order valence-electron chi connectivity index (χ1n) is 17.9. The standard InChI is InChI=1S/C37H58N4O11/c1-20-19-36(6,48-10)32(52-35-30(26(41(8)9)18-21(2)49-35)51-34(46)25-14-12-11-13-15-25)23(4)29(43)24(5)33(45)50-27(16-17-39-40-38)37(7,47)31(44)22(3)28(20)42/h11-15,20-24,26-27,29-32,35,43-44,47H,16-19H2,1-10H3/t20-,21?,22+,23+,24-,26?,27-,29+,30?,31-,32-,35?,36-,37-/m1/s1. The van der Waals surface area contributed by atoms with Crippen molar-refractivity contribution < 1.29 is 53.4 Å². The molecule has 2 fully saturated rings. The van der Waals surface area contributed by atoms with Crippen molar-refractivity contribution in [3.05, 3.63) is 46.3 Å². The number of rotatable bonds is 9. The van der Waals surface area contributed by atoms with E-state index in [-0.39, 0.29) is 31.5 Å². The smallest absolute Gasteiger partial charge is 0.338 e. The molecule has 2 heterocycles. The highest BCUT2D eigenvalue weighted by molar-refractivity contribution is 5.89. The Morgan fingerprint density at radius 3 is 2.29 bits per heavy atom. The van der Waals surface area contributed by atoms with Gasteiger partial charge in [-0.3, -0.25) is 9.59 Å². The first-order valence-corrected chi connectivity index (χ1v) is 17.9. The summed E-state index contributed by atoms with van der Waals surface area (Å²) in [7, 11) is 5.18. The molecule has 292 valence electrons. The number of carbonyl (C=O) groups excluding carboxylic acids is 3. The summed E-state index contributed by atoms with van der Waals surface area (Å²) in [5, 5.41) is 38.2. The van der Waals surface area contributed by atoms with Gasteiger partial charge in [0.05, 0.1) is 47.5 Å². The molecule has 2 aliphatic heterocycles. The number of cyclic esters (lactones) is 1. The number of methoxy groups -OCH3 is 1. The van der Waals surface area contributed by atoms with E-state index in [9.17, 15) is 29.7 Å². The maximum absolute atomic E-state index is 13.9. The van der Waals surface area contributed by atoms with Crippen LogP contribution in [0.4, 0.5) is 0 Å². The zero-order valence-electron chi connectivity index (χ0n) is 32.0. The predicted octanol–water partition coefficient (Wildman–Crippen LogP) is 3.67. The van der Waals surface area contributed by atoms with E-state index in [1.165, 1.54) is 27.9 Å². The molecule has 1 aromatic rings. The lowest BCUT2D eigenvalue weighted by Gasteiger charge is -2.48. The fourth-order valence-corrected chi connectivity index (χ4v) is 7.54. The fourth-order valence-electron chi connectivity index (χ4n) is 7.54. The summed E-state index contributed by atoms with van der Waals surface area (Å²) in [6, 6.07) is 8.20. The number of aliphatic hydroxyl groups is 3. The van der Waals surface area contributed by atoms with Gasteiger partial charge in [-0.05, 0) is 78.7 Å². The molecule has 0 aliphatic carbocycles. The number of benzene rings is 1. The van der Waals surface area contributed by atoms with Gasteiger partial charge in [-0.1, -0.05) is 44.1 Å². The predicted molar refractivity (Wildman–Crippen MR) is 190 cm³/mol. The Hall–Kier alpha value is -3.14. The Labute approximate surface area is 306 Å². The SMILES string of the molecule is CO[C@]1(C)C[C@@H](C)C(=O)[C@H](C)[C@@H](O)[C@](C)(O)[C@@H](CCN=[N+]=[N-])OC(=O)[C@H](C)[C@@H](O)[C@H](C)[C@H]1OC1OC(C)CC(N(C)C)C1OC(=O)c1ccccc1. The highest BCUT2D eigenvalue weighted by Crippen LogP contribution is 2.39. The highest BCUT2D eigenvalue weighted by atomic mass is 16.7. The Morgan fingerprint density at radius 1 is 1.08 bits per heavy atom. The van der Waals surface area contributed by atoms with Crippen LogP contribution in [0.15, 0.2) is 35.4 Å². The quantitative estimate of drug-likeness (QED) is 0.144. The van der Waals surface area contributed by atoms with Crippen LogP contribution < -0.4 is 0 Å². The van der Waals surface area contributed by atoms with Gasteiger partial charge in [0.1, 0.15) is 17.5 Å². The molecular formula is C37H58N4O11. The molecule has 4 unspecified atom stereocenters. The minimum absolute atomic E-state index is 0.0380. The van der Waals surface area contributed by atoms with E-state index in [2.05, 4.69) is 10.0 Å². The van der Waals surface area contributed by atoms with Crippen molar-refractivity contribution in [3.63, 3.8) is 0 Å². The van der Waals surface area contributed by atoms with Crippen LogP contribution in [0.1, 0.15) is 78.1 Å². The van der Waals surface area contributed by atoms with Crippen LogP contribution in [0.2, 0.25) is 0 Å². The average molecular weight is 735 g/mol. The van der Waals surface area contributed by atoms with Crippen molar-refractivity contribution in [1.29, 1.82) is 0 Å². The Bertz CT molecular complexity index is 1410. The first-order chi connectivity index (χ1) is 24.3. The van der Waals surface area contributed by atoms with Crippen LogP contribution in [0, 0.1) is 23.7 Å². The van der Waals surface area contributed by atoms with Gasteiger partial charge >= 0.3 is 11.9 Å². The molecule has 2 aliphatic rings. The number of ether oxygens (including phenoxy) is 5. The fraction of sp³-hybridized carbons (Fsp3) is 0.757. The van der Waals surface area contributed by atoms with Crippen LogP contribution >= 0.6 is 0 Å². The molecule has 0 spiro atoms. The van der Waals surface area contributed by atoms with Gasteiger partial charge in [0.15, 0.2) is 12.4 Å². The average Bonchev–Trinajstić information content (AvgIpc) is 3.11.